The number of nitrogens with two attached hydrogens (primary N) is 1. The fourth-order valence-corrected chi connectivity index (χ4v) is 3.05. The molecule has 1 rings (SSSR count). The maximum atomic E-state index is 11.9. The summed E-state index contributed by atoms with van der Waals surface area (Å²) in [4.78, 5) is 34.7. The normalized spacial score (nSPS) is 19.7. The first-order chi connectivity index (χ1) is 9.21. The highest BCUT2D eigenvalue weighted by Gasteiger charge is 2.27. The van der Waals surface area contributed by atoms with Crippen LogP contribution in [0, 0.1) is 0 Å². The number of carboxylic acids is 1. The second kappa shape index (κ2) is 6.55. The fraction of sp³-hybridized carbons (Fsp3) is 0.700. The third kappa shape index (κ3) is 5.03. The van der Waals surface area contributed by atoms with E-state index in [9.17, 15) is 22.8 Å². The summed E-state index contributed by atoms with van der Waals surface area (Å²) in [7, 11) is -3.16. The molecule has 0 aromatic heterocycles. The van der Waals surface area contributed by atoms with Crippen LogP contribution in [0.25, 0.3) is 0 Å². The Morgan fingerprint density at radius 2 is 1.90 bits per heavy atom. The van der Waals surface area contributed by atoms with Crippen LogP contribution in [0.15, 0.2) is 0 Å². The van der Waals surface area contributed by atoms with Gasteiger partial charge >= 0.3 is 12.0 Å². The zero-order valence-electron chi connectivity index (χ0n) is 10.7. The number of hydrogen-bond donors (Lipinski definition) is 3. The van der Waals surface area contributed by atoms with E-state index < -0.39 is 40.2 Å². The molecule has 0 aromatic carbocycles. The van der Waals surface area contributed by atoms with Crippen LogP contribution in [0.3, 0.4) is 0 Å². The quantitative estimate of drug-likeness (QED) is 0.555. The number of urea groups is 1. The van der Waals surface area contributed by atoms with Crippen LogP contribution >= 0.6 is 0 Å². The lowest BCUT2D eigenvalue weighted by Crippen LogP contribution is -2.49. The number of carbonyl (C=O) groups excluding carboxylic acids is 2. The lowest BCUT2D eigenvalue weighted by atomic mass is 10.2. The van der Waals surface area contributed by atoms with Crippen LogP contribution in [0.4, 0.5) is 4.79 Å². The molecule has 114 valence electrons. The topological polar surface area (TPSA) is 147 Å². The number of rotatable bonds is 4. The number of hydrogen-bond acceptors (Lipinski definition) is 5. The molecule has 20 heavy (non-hydrogen) atoms. The Morgan fingerprint density at radius 3 is 2.45 bits per heavy atom. The van der Waals surface area contributed by atoms with Crippen molar-refractivity contribution in [3.05, 3.63) is 0 Å². The molecule has 10 heteroatoms. The van der Waals surface area contributed by atoms with Gasteiger partial charge in [0.25, 0.3) is 0 Å². The predicted molar refractivity (Wildman–Crippen MR) is 68.6 cm³/mol. The van der Waals surface area contributed by atoms with Gasteiger partial charge in [0.15, 0.2) is 9.84 Å². The molecule has 0 saturated carbocycles. The van der Waals surface area contributed by atoms with Gasteiger partial charge in [-0.2, -0.15) is 0 Å². The van der Waals surface area contributed by atoms with E-state index in [1.54, 1.807) is 0 Å². The first-order valence-electron chi connectivity index (χ1n) is 5.98. The maximum Gasteiger partial charge on any atom is 0.326 e. The number of primary amides is 1. The largest absolute Gasteiger partial charge is 0.480 e. The summed E-state index contributed by atoms with van der Waals surface area (Å²) in [5.41, 5.74) is 4.90. The van der Waals surface area contributed by atoms with E-state index >= 15 is 0 Å². The molecule has 1 unspecified atom stereocenters. The van der Waals surface area contributed by atoms with Crippen molar-refractivity contribution >= 4 is 27.7 Å². The standard InChI is InChI=1S/C10H17N3O6S/c11-8(14)6-7(9(15)16)12-10(17)13-2-1-4-20(18,19)5-3-13/h7H,1-6H2,(H2,11,14)(H,12,17)(H,15,16). The molecule has 1 aliphatic heterocycles. The third-order valence-electron chi connectivity index (χ3n) is 2.84. The molecule has 0 radical (unpaired) electrons. The number of amides is 3. The molecule has 1 aliphatic rings. The van der Waals surface area contributed by atoms with Crippen molar-refractivity contribution in [2.24, 2.45) is 5.73 Å². The van der Waals surface area contributed by atoms with Gasteiger partial charge in [0.2, 0.25) is 5.91 Å². The number of sulfone groups is 1. The van der Waals surface area contributed by atoms with E-state index in [4.69, 9.17) is 10.8 Å². The second-order valence-corrected chi connectivity index (χ2v) is 6.81. The van der Waals surface area contributed by atoms with E-state index in [0.29, 0.717) is 6.42 Å². The first kappa shape index (κ1) is 16.2. The average molecular weight is 307 g/mol. The fourth-order valence-electron chi connectivity index (χ4n) is 1.78. The van der Waals surface area contributed by atoms with Crippen molar-refractivity contribution in [3.63, 3.8) is 0 Å². The summed E-state index contributed by atoms with van der Waals surface area (Å²) in [6.07, 6.45) is -0.226. The monoisotopic (exact) mass is 307 g/mol. The van der Waals surface area contributed by atoms with Gasteiger partial charge in [-0.3, -0.25) is 4.79 Å². The lowest BCUT2D eigenvalue weighted by Gasteiger charge is -2.22. The number of aliphatic carboxylic acids is 1. The smallest absolute Gasteiger partial charge is 0.326 e. The summed E-state index contributed by atoms with van der Waals surface area (Å²) in [5.74, 6) is -2.38. The summed E-state index contributed by atoms with van der Waals surface area (Å²) >= 11 is 0. The Hall–Kier alpha value is -1.84. The predicted octanol–water partition coefficient (Wildman–Crippen LogP) is -1.85. The van der Waals surface area contributed by atoms with Gasteiger partial charge in [-0.05, 0) is 6.42 Å². The Kier molecular flexibility index (Phi) is 5.31. The van der Waals surface area contributed by atoms with Crippen molar-refractivity contribution in [2.45, 2.75) is 18.9 Å². The first-order valence-corrected chi connectivity index (χ1v) is 7.80. The molecular formula is C10H17N3O6S. The van der Waals surface area contributed by atoms with Crippen LogP contribution in [0.2, 0.25) is 0 Å². The average Bonchev–Trinajstić information content (AvgIpc) is 2.48. The highest BCUT2D eigenvalue weighted by molar-refractivity contribution is 7.91. The molecule has 0 spiro atoms. The number of nitrogens with zero attached hydrogens (tertiary/aromatic N) is 1. The summed E-state index contributed by atoms with van der Waals surface area (Å²) < 4.78 is 22.8. The highest BCUT2D eigenvalue weighted by Crippen LogP contribution is 2.06. The van der Waals surface area contributed by atoms with Gasteiger partial charge in [0, 0.05) is 13.1 Å². The van der Waals surface area contributed by atoms with Crippen molar-refractivity contribution < 1.29 is 27.9 Å². The minimum absolute atomic E-state index is 0.000422. The zero-order chi connectivity index (χ0) is 15.3. The van der Waals surface area contributed by atoms with Crippen molar-refractivity contribution in [3.8, 4) is 0 Å². The molecule has 1 fully saturated rings. The Morgan fingerprint density at radius 1 is 1.25 bits per heavy atom. The Labute approximate surface area is 116 Å². The van der Waals surface area contributed by atoms with Crippen LogP contribution in [0.1, 0.15) is 12.8 Å². The minimum atomic E-state index is -3.16. The molecule has 4 N–H and O–H groups in total. The second-order valence-electron chi connectivity index (χ2n) is 4.50. The van der Waals surface area contributed by atoms with Gasteiger partial charge in [-0.15, -0.1) is 0 Å². The van der Waals surface area contributed by atoms with E-state index in [0.717, 1.165) is 0 Å². The summed E-state index contributed by atoms with van der Waals surface area (Å²) in [6.45, 7) is 0.213. The molecule has 1 saturated heterocycles. The van der Waals surface area contributed by atoms with Gasteiger partial charge in [0.1, 0.15) is 6.04 Å². The highest BCUT2D eigenvalue weighted by atomic mass is 32.2. The van der Waals surface area contributed by atoms with Crippen LogP contribution < -0.4 is 11.1 Å². The molecule has 3 amide bonds. The van der Waals surface area contributed by atoms with E-state index in [1.165, 1.54) is 4.90 Å². The lowest BCUT2D eigenvalue weighted by molar-refractivity contribution is -0.140. The van der Waals surface area contributed by atoms with E-state index in [-0.39, 0.29) is 24.6 Å². The third-order valence-corrected chi connectivity index (χ3v) is 4.56. The zero-order valence-corrected chi connectivity index (χ0v) is 11.6. The number of carbonyl (C=O) groups is 3. The molecular weight excluding hydrogens is 290 g/mol. The SMILES string of the molecule is NC(=O)CC(NC(=O)N1CCCS(=O)(=O)CC1)C(=O)O. The van der Waals surface area contributed by atoms with Gasteiger partial charge in [-0.1, -0.05) is 0 Å². The molecule has 0 aromatic rings. The van der Waals surface area contributed by atoms with Gasteiger partial charge < -0.3 is 21.1 Å². The van der Waals surface area contributed by atoms with E-state index in [2.05, 4.69) is 5.32 Å². The minimum Gasteiger partial charge on any atom is -0.480 e. The number of nitrogens with one attached hydrogen (secondary N) is 1. The maximum absolute atomic E-state index is 11.9. The summed E-state index contributed by atoms with van der Waals surface area (Å²) in [5, 5.41) is 11.0. The van der Waals surface area contributed by atoms with Crippen LogP contribution in [0.5, 0.6) is 0 Å². The van der Waals surface area contributed by atoms with Crippen molar-refractivity contribution in [1.82, 2.24) is 10.2 Å². The van der Waals surface area contributed by atoms with Crippen LogP contribution in [-0.4, -0.2) is 67.0 Å². The summed E-state index contributed by atoms with van der Waals surface area (Å²) in [6, 6.07) is -2.13. The molecule has 1 heterocycles. The van der Waals surface area contributed by atoms with Crippen LogP contribution in [-0.2, 0) is 19.4 Å². The Bertz CT molecular complexity index is 503. The molecule has 9 nitrogen and oxygen atoms in total. The Balaban J connectivity index is 2.64. The van der Waals surface area contributed by atoms with Crippen molar-refractivity contribution in [2.75, 3.05) is 24.6 Å². The van der Waals surface area contributed by atoms with Gasteiger partial charge in [-0.25, -0.2) is 18.0 Å². The molecule has 1 atom stereocenters. The van der Waals surface area contributed by atoms with E-state index in [1.807, 2.05) is 0 Å². The van der Waals surface area contributed by atoms with Gasteiger partial charge in [0.05, 0.1) is 17.9 Å². The van der Waals surface area contributed by atoms with Crippen molar-refractivity contribution in [1.29, 1.82) is 0 Å². The molecule has 0 bridgehead atoms. The number of carboxylic acid groups (broad SMARTS) is 1. The molecule has 0 aliphatic carbocycles.